The van der Waals surface area contributed by atoms with E-state index in [9.17, 15) is 9.59 Å². The van der Waals surface area contributed by atoms with E-state index in [2.05, 4.69) is 17.4 Å². The Bertz CT molecular complexity index is 606. The smallest absolute Gasteiger partial charge is 0.282 e. The molecule has 1 aliphatic heterocycles. The van der Waals surface area contributed by atoms with Crippen molar-refractivity contribution < 1.29 is 14.5 Å². The van der Waals surface area contributed by atoms with Crippen LogP contribution in [0.25, 0.3) is 0 Å². The minimum absolute atomic E-state index is 0.0641. The summed E-state index contributed by atoms with van der Waals surface area (Å²) in [7, 11) is 0. The number of benzene rings is 1. The van der Waals surface area contributed by atoms with Crippen molar-refractivity contribution in [3.8, 4) is 0 Å². The first-order valence-corrected chi connectivity index (χ1v) is 8.57. The predicted molar refractivity (Wildman–Crippen MR) is 89.5 cm³/mol. The van der Waals surface area contributed by atoms with Crippen molar-refractivity contribution in [2.75, 3.05) is 31.5 Å². The number of carbonyl (C=O) groups excluding carboxylic acids is 2. The molecule has 0 bridgehead atoms. The van der Waals surface area contributed by atoms with Crippen LogP contribution in [0.4, 0.5) is 5.69 Å². The molecule has 1 aromatic carbocycles. The third kappa shape index (κ3) is 3.55. The zero-order valence-corrected chi connectivity index (χ0v) is 14.0. The van der Waals surface area contributed by atoms with Gasteiger partial charge in [0, 0.05) is 12.6 Å². The number of quaternary nitrogens is 1. The first-order valence-electron chi connectivity index (χ1n) is 8.57. The summed E-state index contributed by atoms with van der Waals surface area (Å²) in [4.78, 5) is 27.0. The fraction of sp³-hybridized carbons (Fsp3) is 0.556. The number of fused-ring (bicyclic) bond motifs is 1. The van der Waals surface area contributed by atoms with Crippen molar-refractivity contribution in [3.05, 3.63) is 29.3 Å². The number of hydrogen-bond acceptors (Lipinski definition) is 2. The average molecular weight is 316 g/mol. The summed E-state index contributed by atoms with van der Waals surface area (Å²) >= 11 is 0. The summed E-state index contributed by atoms with van der Waals surface area (Å²) in [5, 5.41) is 3.06. The van der Waals surface area contributed by atoms with Crippen LogP contribution in [-0.4, -0.2) is 48.9 Å². The number of piperazine rings is 1. The molecule has 1 atom stereocenters. The van der Waals surface area contributed by atoms with Crippen LogP contribution >= 0.6 is 0 Å². The second-order valence-corrected chi connectivity index (χ2v) is 6.71. The monoisotopic (exact) mass is 316 g/mol. The third-order valence-electron chi connectivity index (χ3n) is 5.22. The normalized spacial score (nSPS) is 19.3. The van der Waals surface area contributed by atoms with Crippen LogP contribution in [0, 0.1) is 0 Å². The highest BCUT2D eigenvalue weighted by molar-refractivity contribution is 5.93. The minimum atomic E-state index is -0.0997. The maximum atomic E-state index is 12.5. The lowest BCUT2D eigenvalue weighted by molar-refractivity contribution is -0.917. The van der Waals surface area contributed by atoms with Crippen LogP contribution in [0.5, 0.6) is 0 Å². The Morgan fingerprint density at radius 2 is 1.87 bits per heavy atom. The number of hydrogen-bond donors (Lipinski definition) is 2. The molecule has 2 N–H and O–H groups in total. The summed E-state index contributed by atoms with van der Waals surface area (Å²) < 4.78 is 0. The average Bonchev–Trinajstić information content (AvgIpc) is 3.01. The molecule has 23 heavy (non-hydrogen) atoms. The van der Waals surface area contributed by atoms with E-state index >= 15 is 0 Å². The highest BCUT2D eigenvalue weighted by Gasteiger charge is 2.30. The van der Waals surface area contributed by atoms with Gasteiger partial charge in [0.15, 0.2) is 6.04 Å². The Balaban J connectivity index is 1.57. The number of nitrogens with zero attached hydrogens (tertiary/aromatic N) is 1. The molecule has 1 saturated heterocycles. The molecule has 1 heterocycles. The van der Waals surface area contributed by atoms with E-state index in [1.54, 1.807) is 6.92 Å². The fourth-order valence-electron chi connectivity index (χ4n) is 3.63. The van der Waals surface area contributed by atoms with Crippen LogP contribution in [0.1, 0.15) is 31.4 Å². The van der Waals surface area contributed by atoms with Crippen molar-refractivity contribution in [2.45, 2.75) is 39.2 Å². The Morgan fingerprint density at radius 3 is 2.57 bits per heavy atom. The van der Waals surface area contributed by atoms with E-state index in [0.717, 1.165) is 44.7 Å². The van der Waals surface area contributed by atoms with E-state index in [0.29, 0.717) is 0 Å². The molecule has 2 amide bonds. The maximum Gasteiger partial charge on any atom is 0.282 e. The van der Waals surface area contributed by atoms with Crippen molar-refractivity contribution in [3.63, 3.8) is 0 Å². The zero-order chi connectivity index (χ0) is 16.4. The molecule has 0 radical (unpaired) electrons. The molecule has 0 unspecified atom stereocenters. The van der Waals surface area contributed by atoms with Gasteiger partial charge in [-0.05, 0) is 49.4 Å². The van der Waals surface area contributed by atoms with E-state index in [1.165, 1.54) is 22.4 Å². The molecular weight excluding hydrogens is 290 g/mol. The second-order valence-electron chi connectivity index (χ2n) is 6.71. The Kier molecular flexibility index (Phi) is 4.66. The van der Waals surface area contributed by atoms with Crippen LogP contribution in [0.2, 0.25) is 0 Å². The Labute approximate surface area is 137 Å². The molecule has 2 aliphatic rings. The molecule has 3 rings (SSSR count). The van der Waals surface area contributed by atoms with Gasteiger partial charge in [-0.2, -0.15) is 0 Å². The van der Waals surface area contributed by atoms with E-state index in [4.69, 9.17) is 0 Å². The number of rotatable bonds is 3. The number of nitrogens with one attached hydrogen (secondary N) is 2. The van der Waals surface area contributed by atoms with Gasteiger partial charge in [0.05, 0.1) is 26.2 Å². The standard InChI is InChI=1S/C18H25N3O2/c1-13(20-8-10-21(11-9-20)14(2)22)18(23)19-17-7-6-15-4-3-5-16(15)12-17/h6-7,12-13H,3-5,8-11H2,1-2H3,(H,19,23)/p+1/t13-/m1/s1. The Hall–Kier alpha value is -1.88. The quantitative estimate of drug-likeness (QED) is 0.840. The SMILES string of the molecule is CC(=O)N1CC[NH+]([C@H](C)C(=O)Nc2ccc3c(c2)CCC3)CC1. The minimum Gasteiger partial charge on any atom is -0.332 e. The topological polar surface area (TPSA) is 53.9 Å². The van der Waals surface area contributed by atoms with Crippen molar-refractivity contribution >= 4 is 17.5 Å². The lowest BCUT2D eigenvalue weighted by Gasteiger charge is -2.34. The lowest BCUT2D eigenvalue weighted by Crippen LogP contribution is -3.19. The van der Waals surface area contributed by atoms with Crippen LogP contribution in [0.15, 0.2) is 18.2 Å². The molecule has 0 spiro atoms. The van der Waals surface area contributed by atoms with Crippen LogP contribution in [-0.2, 0) is 22.4 Å². The van der Waals surface area contributed by atoms with Gasteiger partial charge < -0.3 is 15.1 Å². The van der Waals surface area contributed by atoms with Gasteiger partial charge >= 0.3 is 0 Å². The molecule has 5 nitrogen and oxygen atoms in total. The number of carbonyl (C=O) groups is 2. The van der Waals surface area contributed by atoms with E-state index in [-0.39, 0.29) is 17.9 Å². The summed E-state index contributed by atoms with van der Waals surface area (Å²) in [6.07, 6.45) is 3.49. The van der Waals surface area contributed by atoms with E-state index in [1.807, 2.05) is 17.9 Å². The number of amides is 2. The summed E-state index contributed by atoms with van der Waals surface area (Å²) in [6, 6.07) is 6.17. The van der Waals surface area contributed by atoms with Crippen LogP contribution < -0.4 is 10.2 Å². The largest absolute Gasteiger partial charge is 0.332 e. The molecule has 1 aromatic rings. The van der Waals surface area contributed by atoms with Gasteiger partial charge in [-0.3, -0.25) is 9.59 Å². The lowest BCUT2D eigenvalue weighted by atomic mass is 10.1. The molecule has 124 valence electrons. The van der Waals surface area contributed by atoms with Gasteiger partial charge in [-0.1, -0.05) is 6.07 Å². The third-order valence-corrected chi connectivity index (χ3v) is 5.22. The molecule has 0 saturated carbocycles. The van der Waals surface area contributed by atoms with Gasteiger partial charge in [0.1, 0.15) is 0 Å². The van der Waals surface area contributed by atoms with E-state index < -0.39 is 0 Å². The molecule has 0 aromatic heterocycles. The first kappa shape index (κ1) is 16.0. The Morgan fingerprint density at radius 1 is 1.17 bits per heavy atom. The van der Waals surface area contributed by atoms with Gasteiger partial charge in [0.25, 0.3) is 5.91 Å². The molecule has 1 fully saturated rings. The van der Waals surface area contributed by atoms with Crippen LogP contribution in [0.3, 0.4) is 0 Å². The summed E-state index contributed by atoms with van der Waals surface area (Å²) in [6.45, 7) is 6.72. The first-order chi connectivity index (χ1) is 11.0. The van der Waals surface area contributed by atoms with Crippen molar-refractivity contribution in [1.29, 1.82) is 0 Å². The molecule has 5 heteroatoms. The van der Waals surface area contributed by atoms with Crippen molar-refractivity contribution in [1.82, 2.24) is 4.90 Å². The number of anilines is 1. The van der Waals surface area contributed by atoms with Gasteiger partial charge in [-0.25, -0.2) is 0 Å². The zero-order valence-electron chi connectivity index (χ0n) is 14.0. The molecular formula is C18H26N3O2+. The number of aryl methyl sites for hydroxylation is 2. The summed E-state index contributed by atoms with van der Waals surface area (Å²) in [5.41, 5.74) is 3.70. The second kappa shape index (κ2) is 6.71. The molecule has 1 aliphatic carbocycles. The maximum absolute atomic E-state index is 12.5. The van der Waals surface area contributed by atoms with Gasteiger partial charge in [0.2, 0.25) is 5.91 Å². The fourth-order valence-corrected chi connectivity index (χ4v) is 3.63. The predicted octanol–water partition coefficient (Wildman–Crippen LogP) is 0.249. The van der Waals surface area contributed by atoms with Gasteiger partial charge in [-0.15, -0.1) is 0 Å². The highest BCUT2D eigenvalue weighted by atomic mass is 16.2. The highest BCUT2D eigenvalue weighted by Crippen LogP contribution is 2.24. The summed E-state index contributed by atoms with van der Waals surface area (Å²) in [5.74, 6) is 0.188. The van der Waals surface area contributed by atoms with Crippen molar-refractivity contribution in [2.24, 2.45) is 0 Å².